The van der Waals surface area contributed by atoms with Crippen LogP contribution < -0.4 is 5.32 Å². The minimum absolute atomic E-state index is 0.107. The molecule has 0 bridgehead atoms. The number of hydrogen-bond donors (Lipinski definition) is 1. The number of alkyl halides is 1. The number of hydrogen-bond acceptors (Lipinski definition) is 3. The fourth-order valence-electron chi connectivity index (χ4n) is 1.22. The maximum absolute atomic E-state index is 11.6. The maximum atomic E-state index is 11.6. The van der Waals surface area contributed by atoms with Crippen LogP contribution in [0.15, 0.2) is 29.2 Å². The van der Waals surface area contributed by atoms with E-state index in [9.17, 15) is 13.2 Å². The highest BCUT2D eigenvalue weighted by Gasteiger charge is 2.17. The van der Waals surface area contributed by atoms with Gasteiger partial charge >= 0.3 is 0 Å². The van der Waals surface area contributed by atoms with E-state index in [4.69, 9.17) is 11.6 Å². The topological polar surface area (TPSA) is 63.2 Å². The van der Waals surface area contributed by atoms with Crippen LogP contribution in [0.4, 0.5) is 5.69 Å². The summed E-state index contributed by atoms with van der Waals surface area (Å²) in [4.78, 5) is 11.7. The molecule has 1 rings (SSSR count). The molecule has 1 amide bonds. The molecular formula is C11H14ClNO3S. The van der Waals surface area contributed by atoms with Crippen LogP contribution in [-0.2, 0) is 14.6 Å². The lowest BCUT2D eigenvalue weighted by Crippen LogP contribution is -2.22. The standard InChI is InChI=1S/C11H14ClNO3S/c1-8(7-12)11(14)13-9-5-3-4-6-10(9)17(2,15)16/h3-6,8H,7H2,1-2H3,(H,13,14). The summed E-state index contributed by atoms with van der Waals surface area (Å²) in [6.45, 7) is 1.67. The second-order valence-electron chi connectivity index (χ2n) is 3.81. The molecule has 0 aliphatic heterocycles. The summed E-state index contributed by atoms with van der Waals surface area (Å²) in [5.41, 5.74) is 0.289. The zero-order chi connectivity index (χ0) is 13.1. The lowest BCUT2D eigenvalue weighted by molar-refractivity contribution is -0.118. The third-order valence-corrected chi connectivity index (χ3v) is 3.84. The molecule has 0 saturated carbocycles. The molecule has 0 saturated heterocycles. The van der Waals surface area contributed by atoms with Gasteiger partial charge in [-0.05, 0) is 12.1 Å². The van der Waals surface area contributed by atoms with Crippen molar-refractivity contribution < 1.29 is 13.2 Å². The summed E-state index contributed by atoms with van der Waals surface area (Å²) in [6.07, 6.45) is 1.10. The van der Waals surface area contributed by atoms with Crippen molar-refractivity contribution in [1.29, 1.82) is 0 Å². The van der Waals surface area contributed by atoms with E-state index in [-0.39, 0.29) is 28.3 Å². The van der Waals surface area contributed by atoms with E-state index in [1.165, 1.54) is 6.07 Å². The van der Waals surface area contributed by atoms with Crippen molar-refractivity contribution in [2.24, 2.45) is 5.92 Å². The van der Waals surface area contributed by atoms with E-state index in [0.717, 1.165) is 6.26 Å². The van der Waals surface area contributed by atoms with Gasteiger partial charge in [0.1, 0.15) is 0 Å². The number of carbonyl (C=O) groups is 1. The number of rotatable bonds is 4. The van der Waals surface area contributed by atoms with Gasteiger partial charge in [0.15, 0.2) is 9.84 Å². The van der Waals surface area contributed by atoms with Crippen molar-refractivity contribution in [2.75, 3.05) is 17.5 Å². The number of para-hydroxylation sites is 1. The number of nitrogens with one attached hydrogen (secondary N) is 1. The molecule has 1 N–H and O–H groups in total. The quantitative estimate of drug-likeness (QED) is 0.854. The van der Waals surface area contributed by atoms with E-state index in [1.54, 1.807) is 25.1 Å². The summed E-state index contributed by atoms with van der Waals surface area (Å²) in [7, 11) is -3.36. The molecule has 0 aliphatic rings. The van der Waals surface area contributed by atoms with Crippen LogP contribution in [0.5, 0.6) is 0 Å². The predicted octanol–water partition coefficient (Wildman–Crippen LogP) is 1.90. The molecule has 94 valence electrons. The van der Waals surface area contributed by atoms with Crippen LogP contribution in [0.3, 0.4) is 0 Å². The van der Waals surface area contributed by atoms with E-state index >= 15 is 0 Å². The average molecular weight is 276 g/mol. The molecule has 4 nitrogen and oxygen atoms in total. The Hall–Kier alpha value is -1.07. The largest absolute Gasteiger partial charge is 0.325 e. The fourth-order valence-corrected chi connectivity index (χ4v) is 2.20. The SMILES string of the molecule is CC(CCl)C(=O)Nc1ccccc1S(C)(=O)=O. The van der Waals surface area contributed by atoms with Crippen molar-refractivity contribution in [3.8, 4) is 0 Å². The van der Waals surface area contributed by atoms with Crippen molar-refractivity contribution in [3.63, 3.8) is 0 Å². The highest BCUT2D eigenvalue weighted by atomic mass is 35.5. The monoisotopic (exact) mass is 275 g/mol. The van der Waals surface area contributed by atoms with Gasteiger partial charge in [-0.1, -0.05) is 19.1 Å². The third kappa shape index (κ3) is 3.71. The molecule has 0 fully saturated rings. The number of halogens is 1. The fraction of sp³-hybridized carbons (Fsp3) is 0.364. The first-order valence-corrected chi connectivity index (χ1v) is 7.44. The van der Waals surface area contributed by atoms with Crippen molar-refractivity contribution in [1.82, 2.24) is 0 Å². The second-order valence-corrected chi connectivity index (χ2v) is 6.11. The first-order chi connectivity index (χ1) is 7.86. The first-order valence-electron chi connectivity index (χ1n) is 5.02. The van der Waals surface area contributed by atoms with Gasteiger partial charge in [-0.2, -0.15) is 0 Å². The Labute approximate surface area is 106 Å². The summed E-state index contributed by atoms with van der Waals surface area (Å²) in [5, 5.41) is 2.57. The van der Waals surface area contributed by atoms with Crippen LogP contribution in [0, 0.1) is 5.92 Å². The molecule has 1 aromatic rings. The van der Waals surface area contributed by atoms with E-state index in [1.807, 2.05) is 0 Å². The lowest BCUT2D eigenvalue weighted by Gasteiger charge is -2.12. The predicted molar refractivity (Wildman–Crippen MR) is 68.1 cm³/mol. The van der Waals surface area contributed by atoms with E-state index in [0.29, 0.717) is 0 Å². The number of sulfone groups is 1. The number of amides is 1. The minimum atomic E-state index is -3.36. The van der Waals surface area contributed by atoms with Crippen LogP contribution in [-0.4, -0.2) is 26.5 Å². The Morgan fingerprint density at radius 3 is 2.53 bits per heavy atom. The molecule has 1 atom stereocenters. The lowest BCUT2D eigenvalue weighted by atomic mass is 10.2. The minimum Gasteiger partial charge on any atom is -0.325 e. The van der Waals surface area contributed by atoms with Gasteiger partial charge in [-0.25, -0.2) is 8.42 Å². The normalized spacial score (nSPS) is 13.1. The molecule has 0 aromatic heterocycles. The highest BCUT2D eigenvalue weighted by Crippen LogP contribution is 2.21. The number of benzene rings is 1. The molecule has 6 heteroatoms. The Morgan fingerprint density at radius 2 is 2.00 bits per heavy atom. The third-order valence-electron chi connectivity index (χ3n) is 2.22. The smallest absolute Gasteiger partial charge is 0.228 e. The summed E-state index contributed by atoms with van der Waals surface area (Å²) >= 11 is 5.56. The van der Waals surface area contributed by atoms with Crippen molar-refractivity contribution >= 4 is 33.0 Å². The Kier molecular flexibility index (Phi) is 4.54. The average Bonchev–Trinajstić information content (AvgIpc) is 2.27. The van der Waals surface area contributed by atoms with Gasteiger partial charge in [0.2, 0.25) is 5.91 Å². The molecule has 0 heterocycles. The molecule has 17 heavy (non-hydrogen) atoms. The summed E-state index contributed by atoms with van der Waals surface area (Å²) in [5.74, 6) is -0.479. The van der Waals surface area contributed by atoms with Gasteiger partial charge < -0.3 is 5.32 Å². The van der Waals surface area contributed by atoms with Crippen LogP contribution >= 0.6 is 11.6 Å². The Morgan fingerprint density at radius 1 is 1.41 bits per heavy atom. The van der Waals surface area contributed by atoms with Gasteiger partial charge in [0.05, 0.1) is 10.6 Å². The zero-order valence-corrected chi connectivity index (χ0v) is 11.2. The van der Waals surface area contributed by atoms with Gasteiger partial charge in [-0.3, -0.25) is 4.79 Å². The molecule has 1 aromatic carbocycles. The van der Waals surface area contributed by atoms with Crippen LogP contribution in [0.2, 0.25) is 0 Å². The van der Waals surface area contributed by atoms with Gasteiger partial charge in [-0.15, -0.1) is 11.6 Å². The molecule has 0 aliphatic carbocycles. The van der Waals surface area contributed by atoms with Crippen LogP contribution in [0.1, 0.15) is 6.92 Å². The molecular weight excluding hydrogens is 262 g/mol. The Bertz CT molecular complexity index is 513. The maximum Gasteiger partial charge on any atom is 0.228 e. The molecule has 0 spiro atoms. The number of carbonyl (C=O) groups excluding carboxylic acids is 1. The van der Waals surface area contributed by atoms with E-state index < -0.39 is 9.84 Å². The van der Waals surface area contributed by atoms with Crippen molar-refractivity contribution in [2.45, 2.75) is 11.8 Å². The molecule has 1 unspecified atom stereocenters. The molecule has 0 radical (unpaired) electrons. The van der Waals surface area contributed by atoms with Crippen molar-refractivity contribution in [3.05, 3.63) is 24.3 Å². The van der Waals surface area contributed by atoms with Gasteiger partial charge in [0.25, 0.3) is 0 Å². The summed E-state index contributed by atoms with van der Waals surface area (Å²) in [6, 6.07) is 6.28. The van der Waals surface area contributed by atoms with Gasteiger partial charge in [0, 0.05) is 18.1 Å². The second kappa shape index (κ2) is 5.51. The zero-order valence-electron chi connectivity index (χ0n) is 9.60. The highest BCUT2D eigenvalue weighted by molar-refractivity contribution is 7.90. The number of anilines is 1. The Balaban J connectivity index is 3.04. The first kappa shape index (κ1) is 14.0. The van der Waals surface area contributed by atoms with E-state index in [2.05, 4.69) is 5.32 Å². The summed E-state index contributed by atoms with van der Waals surface area (Å²) < 4.78 is 23.0. The van der Waals surface area contributed by atoms with Crippen LogP contribution in [0.25, 0.3) is 0 Å².